The summed E-state index contributed by atoms with van der Waals surface area (Å²) in [5.41, 5.74) is 0. The number of aliphatic hydroxyl groups excluding tert-OH is 2. The summed E-state index contributed by atoms with van der Waals surface area (Å²) in [5.74, 6) is -0.0513. The van der Waals surface area contributed by atoms with Gasteiger partial charge in [-0.25, -0.2) is 0 Å². The molecule has 4 aliphatic rings. The van der Waals surface area contributed by atoms with Crippen molar-refractivity contribution in [3.05, 3.63) is 53.8 Å². The Morgan fingerprint density at radius 2 is 1.27 bits per heavy atom. The van der Waals surface area contributed by atoms with E-state index in [9.17, 15) is 15.4 Å². The number of hydrogen-bond acceptors (Lipinski definition) is 4. The van der Waals surface area contributed by atoms with Crippen molar-refractivity contribution in [3.63, 3.8) is 0 Å². The van der Waals surface area contributed by atoms with E-state index in [2.05, 4.69) is 17.5 Å². The lowest BCUT2D eigenvalue weighted by molar-refractivity contribution is -0.982. The number of hydroxylamine groups is 3. The average Bonchev–Trinajstić information content (AvgIpc) is 2.80. The Labute approximate surface area is 130 Å². The van der Waals surface area contributed by atoms with Crippen molar-refractivity contribution in [1.29, 1.82) is 0 Å². The molecule has 0 spiro atoms. The minimum Gasteiger partial charge on any atom is -0.629 e. The third-order valence-corrected chi connectivity index (χ3v) is 5.61. The summed E-state index contributed by atoms with van der Waals surface area (Å²) in [5, 5.41) is 37.8. The Morgan fingerprint density at radius 1 is 0.818 bits per heavy atom. The second-order valence-electron chi connectivity index (χ2n) is 6.71. The van der Waals surface area contributed by atoms with Gasteiger partial charge in [0.2, 0.25) is 0 Å². The van der Waals surface area contributed by atoms with Gasteiger partial charge in [-0.05, 0) is 0 Å². The van der Waals surface area contributed by atoms with E-state index >= 15 is 0 Å². The second-order valence-corrected chi connectivity index (χ2v) is 6.71. The Morgan fingerprint density at radius 3 is 1.77 bits per heavy atom. The highest BCUT2D eigenvalue weighted by molar-refractivity contribution is 5.28. The maximum Gasteiger partial charge on any atom is 0.192 e. The molecule has 0 aromatic carbocycles. The van der Waals surface area contributed by atoms with Crippen LogP contribution in [0.2, 0.25) is 0 Å². The maximum absolute atomic E-state index is 13.5. The zero-order valence-electron chi connectivity index (χ0n) is 12.3. The van der Waals surface area contributed by atoms with Gasteiger partial charge in [-0.2, -0.15) is 0 Å². The van der Waals surface area contributed by atoms with Crippen LogP contribution in [0, 0.1) is 17.0 Å². The van der Waals surface area contributed by atoms with E-state index in [1.54, 1.807) is 0 Å². The third kappa shape index (κ3) is 1.90. The van der Waals surface area contributed by atoms with Gasteiger partial charge in [0.25, 0.3) is 0 Å². The van der Waals surface area contributed by atoms with Gasteiger partial charge in [-0.1, -0.05) is 48.6 Å². The standard InChI is InChI=1S/C17H22N2O3/c20-15-9-10-16(21)19(15,22)17-11-5-1-3-7-13(11)18-14-8-4-2-6-12(14)17/h1-8,11-18,20-21H,9-10H2/t11?,12?,13-,14?,15?,16?,17?,19?/m1/s1. The minimum atomic E-state index is -1.04. The number of hydrogen-bond donors (Lipinski definition) is 3. The van der Waals surface area contributed by atoms with Gasteiger partial charge in [0.1, 0.15) is 6.04 Å². The molecule has 2 heterocycles. The van der Waals surface area contributed by atoms with Gasteiger partial charge < -0.3 is 25.4 Å². The van der Waals surface area contributed by atoms with Crippen LogP contribution >= 0.6 is 0 Å². The molecule has 5 nitrogen and oxygen atoms in total. The van der Waals surface area contributed by atoms with Crippen LogP contribution in [0.15, 0.2) is 48.6 Å². The van der Waals surface area contributed by atoms with Crippen LogP contribution in [0.4, 0.5) is 0 Å². The van der Waals surface area contributed by atoms with Crippen molar-refractivity contribution >= 4 is 0 Å². The molecule has 22 heavy (non-hydrogen) atoms. The molecule has 0 amide bonds. The van der Waals surface area contributed by atoms with Crippen molar-refractivity contribution in [2.24, 2.45) is 11.8 Å². The largest absolute Gasteiger partial charge is 0.629 e. The van der Waals surface area contributed by atoms with Gasteiger partial charge in [-0.15, -0.1) is 0 Å². The molecule has 0 aromatic heterocycles. The Kier molecular flexibility index (Phi) is 3.36. The van der Waals surface area contributed by atoms with Crippen molar-refractivity contribution in [1.82, 2.24) is 5.32 Å². The lowest BCUT2D eigenvalue weighted by Gasteiger charge is -2.58. The zero-order chi connectivity index (χ0) is 15.3. The molecular weight excluding hydrogens is 280 g/mol. The number of nitrogens with zero attached hydrogens (tertiary/aromatic N) is 1. The first kappa shape index (κ1) is 14.4. The number of nitrogens with one attached hydrogen (secondary N) is 1. The quantitative estimate of drug-likeness (QED) is 0.497. The molecule has 118 valence electrons. The number of piperidine rings is 1. The molecule has 0 radical (unpaired) electrons. The van der Waals surface area contributed by atoms with Gasteiger partial charge in [0.05, 0.1) is 0 Å². The van der Waals surface area contributed by atoms with Crippen LogP contribution in [0.5, 0.6) is 0 Å². The summed E-state index contributed by atoms with van der Waals surface area (Å²) in [6.45, 7) is 0. The van der Waals surface area contributed by atoms with Crippen LogP contribution in [0.3, 0.4) is 0 Å². The molecule has 3 N–H and O–H groups in total. The highest BCUT2D eigenvalue weighted by Gasteiger charge is 2.56. The fraction of sp³-hybridized carbons (Fsp3) is 0.529. The van der Waals surface area contributed by atoms with E-state index in [0.29, 0.717) is 12.8 Å². The molecule has 2 saturated heterocycles. The molecule has 0 aromatic rings. The molecule has 6 unspecified atom stereocenters. The Balaban J connectivity index is 1.79. The van der Waals surface area contributed by atoms with E-state index in [1.165, 1.54) is 0 Å². The number of aliphatic hydroxyl groups is 2. The highest BCUT2D eigenvalue weighted by atomic mass is 16.6. The number of allylic oxidation sites excluding steroid dienone is 4. The molecule has 2 aliphatic heterocycles. The summed E-state index contributed by atoms with van der Waals surface area (Å²) in [4.78, 5) is 0. The normalized spacial score (nSPS) is 52.6. The zero-order valence-corrected chi connectivity index (χ0v) is 12.3. The van der Waals surface area contributed by atoms with Crippen molar-refractivity contribution < 1.29 is 14.9 Å². The van der Waals surface area contributed by atoms with Gasteiger partial charge in [0.15, 0.2) is 12.5 Å². The van der Waals surface area contributed by atoms with Crippen LogP contribution in [0.25, 0.3) is 0 Å². The number of quaternary nitrogens is 1. The number of rotatable bonds is 1. The molecular formula is C17H22N2O3. The van der Waals surface area contributed by atoms with Crippen molar-refractivity contribution in [2.45, 2.75) is 43.4 Å². The first-order chi connectivity index (χ1) is 10.6. The number of fused-ring (bicyclic) bond motifs is 2. The van der Waals surface area contributed by atoms with E-state index in [1.807, 2.05) is 36.5 Å². The highest BCUT2D eigenvalue weighted by Crippen LogP contribution is 2.44. The van der Waals surface area contributed by atoms with E-state index in [4.69, 9.17) is 0 Å². The Bertz CT molecular complexity index is 524. The maximum atomic E-state index is 13.5. The summed E-state index contributed by atoms with van der Waals surface area (Å²) in [7, 11) is 0. The fourth-order valence-corrected chi connectivity index (χ4v) is 4.55. The topological polar surface area (TPSA) is 75.5 Å². The van der Waals surface area contributed by atoms with E-state index in [0.717, 1.165) is 0 Å². The summed E-state index contributed by atoms with van der Waals surface area (Å²) >= 11 is 0. The van der Waals surface area contributed by atoms with Gasteiger partial charge >= 0.3 is 0 Å². The average molecular weight is 302 g/mol. The fourth-order valence-electron chi connectivity index (χ4n) is 4.55. The third-order valence-electron chi connectivity index (χ3n) is 5.61. The summed E-state index contributed by atoms with van der Waals surface area (Å²) in [6.07, 6.45) is 14.8. The predicted molar refractivity (Wildman–Crippen MR) is 82.9 cm³/mol. The first-order valence-corrected chi connectivity index (χ1v) is 8.03. The Hall–Kier alpha value is -1.24. The first-order valence-electron chi connectivity index (χ1n) is 8.03. The number of likely N-dealkylation sites (tertiary alicyclic amines) is 1. The molecule has 4 rings (SSSR count). The van der Waals surface area contributed by atoms with Crippen LogP contribution in [-0.2, 0) is 0 Å². The van der Waals surface area contributed by atoms with Crippen LogP contribution in [-0.4, -0.2) is 45.4 Å². The van der Waals surface area contributed by atoms with Crippen molar-refractivity contribution in [2.75, 3.05) is 0 Å². The summed E-state index contributed by atoms with van der Waals surface area (Å²) < 4.78 is -0.902. The monoisotopic (exact) mass is 302 g/mol. The van der Waals surface area contributed by atoms with E-state index in [-0.39, 0.29) is 30.0 Å². The summed E-state index contributed by atoms with van der Waals surface area (Å²) in [6, 6.07) is -0.251. The van der Waals surface area contributed by atoms with Gasteiger partial charge in [-0.3, -0.25) is 0 Å². The molecule has 0 saturated carbocycles. The van der Waals surface area contributed by atoms with Crippen LogP contribution in [0.1, 0.15) is 12.8 Å². The van der Waals surface area contributed by atoms with Gasteiger partial charge in [0, 0.05) is 36.8 Å². The molecule has 0 bridgehead atoms. The second kappa shape index (κ2) is 5.15. The molecule has 7 atom stereocenters. The predicted octanol–water partition coefficient (Wildman–Crippen LogP) is 0.925. The van der Waals surface area contributed by atoms with Crippen molar-refractivity contribution in [3.8, 4) is 0 Å². The molecule has 2 aliphatic carbocycles. The molecule has 2 fully saturated rings. The lowest BCUT2D eigenvalue weighted by Crippen LogP contribution is -2.71. The smallest absolute Gasteiger partial charge is 0.192 e. The lowest BCUT2D eigenvalue weighted by atomic mass is 9.71. The van der Waals surface area contributed by atoms with E-state index < -0.39 is 17.1 Å². The minimum absolute atomic E-state index is 0.0256. The van der Waals surface area contributed by atoms with Crippen LogP contribution < -0.4 is 5.32 Å². The molecule has 5 heteroatoms. The SMILES string of the molecule is [O-][N+]1(C2C3C=CC=CC3N[C@@H]3C=CC=CC23)C(O)CCC1O.